The minimum atomic E-state index is -0.0424. The fourth-order valence-corrected chi connectivity index (χ4v) is 3.78. The standard InChI is InChI=1S/C21H22N4O2S/c1-4-28-21-23-20-22-16(15-10-11-18(26-2)19(12-15)27-3)13-17(25(20)24-21)14-8-6-5-7-9-14/h5-13,17H,4H2,1-3H3,(H,22,23,24). The molecule has 2 aromatic carbocycles. The first kappa shape index (κ1) is 18.4. The highest BCUT2D eigenvalue weighted by molar-refractivity contribution is 7.99. The van der Waals surface area contributed by atoms with Gasteiger partial charge < -0.3 is 14.8 Å². The maximum atomic E-state index is 5.47. The van der Waals surface area contributed by atoms with Crippen molar-refractivity contribution in [2.45, 2.75) is 18.1 Å². The highest BCUT2D eigenvalue weighted by atomic mass is 32.2. The van der Waals surface area contributed by atoms with E-state index in [4.69, 9.17) is 14.6 Å². The van der Waals surface area contributed by atoms with E-state index in [0.29, 0.717) is 11.5 Å². The number of fused-ring (bicyclic) bond motifs is 1. The summed E-state index contributed by atoms with van der Waals surface area (Å²) in [5.74, 6) is 3.05. The highest BCUT2D eigenvalue weighted by Gasteiger charge is 2.25. The maximum absolute atomic E-state index is 5.47. The van der Waals surface area contributed by atoms with Crippen molar-refractivity contribution in [1.29, 1.82) is 0 Å². The Hall–Kier alpha value is -2.93. The van der Waals surface area contributed by atoms with Gasteiger partial charge in [0.05, 0.1) is 14.2 Å². The van der Waals surface area contributed by atoms with Crippen LogP contribution in [0, 0.1) is 0 Å². The van der Waals surface area contributed by atoms with Crippen molar-refractivity contribution in [2.24, 2.45) is 0 Å². The minimum absolute atomic E-state index is 0.0424. The van der Waals surface area contributed by atoms with Gasteiger partial charge in [-0.1, -0.05) is 49.0 Å². The second-order valence-corrected chi connectivity index (χ2v) is 7.46. The molecule has 3 aromatic rings. The Balaban J connectivity index is 1.79. The van der Waals surface area contributed by atoms with Crippen molar-refractivity contribution in [3.05, 3.63) is 65.7 Å². The van der Waals surface area contributed by atoms with Gasteiger partial charge in [0.2, 0.25) is 11.1 Å². The zero-order chi connectivity index (χ0) is 19.5. The fourth-order valence-electron chi connectivity index (χ4n) is 3.22. The molecule has 0 spiro atoms. The Kier molecular flexibility index (Phi) is 5.25. The van der Waals surface area contributed by atoms with E-state index in [-0.39, 0.29) is 6.04 Å². The molecule has 1 aliphatic heterocycles. The van der Waals surface area contributed by atoms with E-state index in [1.54, 1.807) is 26.0 Å². The van der Waals surface area contributed by atoms with Gasteiger partial charge in [0.1, 0.15) is 6.04 Å². The predicted molar refractivity (Wildman–Crippen MR) is 112 cm³/mol. The van der Waals surface area contributed by atoms with Gasteiger partial charge in [0, 0.05) is 11.3 Å². The Bertz CT molecular complexity index is 1000. The summed E-state index contributed by atoms with van der Waals surface area (Å²) in [5, 5.41) is 8.90. The van der Waals surface area contributed by atoms with Gasteiger partial charge in [-0.2, -0.15) is 4.98 Å². The van der Waals surface area contributed by atoms with E-state index in [2.05, 4.69) is 35.4 Å². The van der Waals surface area contributed by atoms with Crippen molar-refractivity contribution < 1.29 is 9.47 Å². The second kappa shape index (κ2) is 7.98. The molecule has 4 rings (SSSR count). The summed E-state index contributed by atoms with van der Waals surface area (Å²) in [5.41, 5.74) is 3.11. The Labute approximate surface area is 168 Å². The van der Waals surface area contributed by atoms with Crippen LogP contribution >= 0.6 is 11.8 Å². The largest absolute Gasteiger partial charge is 0.493 e. The Morgan fingerprint density at radius 2 is 1.86 bits per heavy atom. The number of aromatic nitrogens is 3. The van der Waals surface area contributed by atoms with Crippen molar-refractivity contribution in [2.75, 3.05) is 25.3 Å². The SMILES string of the molecule is CCSc1nc2n(n1)C(c1ccccc1)C=C(c1ccc(OC)c(OC)c1)N2. The number of allylic oxidation sites excluding steroid dienone is 1. The second-order valence-electron chi connectivity index (χ2n) is 6.23. The number of hydrogen-bond donors (Lipinski definition) is 1. The molecule has 0 saturated heterocycles. The first-order chi connectivity index (χ1) is 13.7. The quantitative estimate of drug-likeness (QED) is 0.623. The first-order valence-electron chi connectivity index (χ1n) is 9.09. The molecular weight excluding hydrogens is 372 g/mol. The number of thioether (sulfide) groups is 1. The molecule has 0 radical (unpaired) electrons. The molecule has 6 nitrogen and oxygen atoms in total. The van der Waals surface area contributed by atoms with Crippen LogP contribution in [0.3, 0.4) is 0 Å². The highest BCUT2D eigenvalue weighted by Crippen LogP contribution is 2.36. The third-order valence-electron chi connectivity index (χ3n) is 4.56. The zero-order valence-electron chi connectivity index (χ0n) is 16.0. The van der Waals surface area contributed by atoms with Crippen molar-refractivity contribution in [3.8, 4) is 11.5 Å². The molecular formula is C21H22N4O2S. The molecule has 7 heteroatoms. The van der Waals surface area contributed by atoms with Gasteiger partial charge in [-0.05, 0) is 35.6 Å². The monoisotopic (exact) mass is 394 g/mol. The van der Waals surface area contributed by atoms with Crippen LogP contribution in [0.5, 0.6) is 11.5 Å². The van der Waals surface area contributed by atoms with Crippen LogP contribution in [0.1, 0.15) is 24.1 Å². The number of ether oxygens (including phenoxy) is 2. The molecule has 0 bridgehead atoms. The van der Waals surface area contributed by atoms with Gasteiger partial charge in [0.15, 0.2) is 11.5 Å². The fraction of sp³-hybridized carbons (Fsp3) is 0.238. The maximum Gasteiger partial charge on any atom is 0.227 e. The summed E-state index contributed by atoms with van der Waals surface area (Å²) < 4.78 is 12.8. The lowest BCUT2D eigenvalue weighted by molar-refractivity contribution is 0.355. The molecule has 0 saturated carbocycles. The van der Waals surface area contributed by atoms with Crippen LogP contribution in [0.25, 0.3) is 5.70 Å². The smallest absolute Gasteiger partial charge is 0.227 e. The summed E-state index contributed by atoms with van der Waals surface area (Å²) >= 11 is 1.63. The summed E-state index contributed by atoms with van der Waals surface area (Å²) in [4.78, 5) is 4.68. The van der Waals surface area contributed by atoms with Gasteiger partial charge in [-0.3, -0.25) is 0 Å². The van der Waals surface area contributed by atoms with E-state index in [9.17, 15) is 0 Å². The van der Waals surface area contributed by atoms with Gasteiger partial charge in [0.25, 0.3) is 0 Å². The number of anilines is 1. The summed E-state index contributed by atoms with van der Waals surface area (Å²) in [6.07, 6.45) is 2.17. The van der Waals surface area contributed by atoms with E-state index < -0.39 is 0 Å². The van der Waals surface area contributed by atoms with Crippen LogP contribution in [0.15, 0.2) is 59.8 Å². The van der Waals surface area contributed by atoms with Crippen molar-refractivity contribution in [3.63, 3.8) is 0 Å². The van der Waals surface area contributed by atoms with Gasteiger partial charge >= 0.3 is 0 Å². The van der Waals surface area contributed by atoms with Gasteiger partial charge in [-0.25, -0.2) is 4.68 Å². The topological polar surface area (TPSA) is 61.2 Å². The molecule has 1 unspecified atom stereocenters. The van der Waals surface area contributed by atoms with Crippen LogP contribution in [0.4, 0.5) is 5.95 Å². The number of methoxy groups -OCH3 is 2. The summed E-state index contributed by atoms with van der Waals surface area (Å²) in [6, 6.07) is 16.2. The van der Waals surface area contributed by atoms with Crippen LogP contribution in [-0.2, 0) is 0 Å². The first-order valence-corrected chi connectivity index (χ1v) is 10.1. The number of nitrogens with zero attached hydrogens (tertiary/aromatic N) is 3. The van der Waals surface area contributed by atoms with Crippen LogP contribution < -0.4 is 14.8 Å². The van der Waals surface area contributed by atoms with E-state index in [1.807, 2.05) is 41.1 Å². The lowest BCUT2D eigenvalue weighted by atomic mass is 10.0. The molecule has 1 N–H and O–H groups in total. The lowest BCUT2D eigenvalue weighted by Gasteiger charge is -2.24. The third-order valence-corrected chi connectivity index (χ3v) is 5.28. The molecule has 1 aromatic heterocycles. The summed E-state index contributed by atoms with van der Waals surface area (Å²) in [7, 11) is 3.28. The number of hydrogen-bond acceptors (Lipinski definition) is 6. The molecule has 1 aliphatic rings. The Morgan fingerprint density at radius 3 is 2.57 bits per heavy atom. The molecule has 0 fully saturated rings. The molecule has 144 valence electrons. The number of benzene rings is 2. The molecule has 0 aliphatic carbocycles. The lowest BCUT2D eigenvalue weighted by Crippen LogP contribution is -2.20. The van der Waals surface area contributed by atoms with Crippen LogP contribution in [0.2, 0.25) is 0 Å². The molecule has 1 atom stereocenters. The molecule has 2 heterocycles. The normalized spacial score (nSPS) is 15.4. The van der Waals surface area contributed by atoms with Gasteiger partial charge in [-0.15, -0.1) is 5.10 Å². The van der Waals surface area contributed by atoms with Crippen molar-refractivity contribution in [1.82, 2.24) is 14.8 Å². The zero-order valence-corrected chi connectivity index (χ0v) is 16.9. The average Bonchev–Trinajstić information content (AvgIpc) is 3.16. The number of nitrogens with one attached hydrogen (secondary N) is 1. The van der Waals surface area contributed by atoms with Crippen molar-refractivity contribution >= 4 is 23.4 Å². The number of rotatable bonds is 6. The predicted octanol–water partition coefficient (Wildman–Crippen LogP) is 4.46. The molecule has 28 heavy (non-hydrogen) atoms. The van der Waals surface area contributed by atoms with E-state index >= 15 is 0 Å². The van der Waals surface area contributed by atoms with Crippen LogP contribution in [-0.4, -0.2) is 34.7 Å². The molecule has 0 amide bonds. The average molecular weight is 395 g/mol. The van der Waals surface area contributed by atoms with E-state index in [1.165, 1.54) is 0 Å². The third kappa shape index (κ3) is 3.45. The Morgan fingerprint density at radius 1 is 1.07 bits per heavy atom. The summed E-state index contributed by atoms with van der Waals surface area (Å²) in [6.45, 7) is 2.10. The minimum Gasteiger partial charge on any atom is -0.493 e. The van der Waals surface area contributed by atoms with E-state index in [0.717, 1.165) is 33.7 Å².